The Morgan fingerprint density at radius 2 is 2.19 bits per heavy atom. The number of rotatable bonds is 7. The third kappa shape index (κ3) is 5.49. The van der Waals surface area contributed by atoms with E-state index < -0.39 is 10.0 Å². The van der Waals surface area contributed by atoms with Gasteiger partial charge in [0.1, 0.15) is 16.7 Å². The average Bonchev–Trinajstić information content (AvgIpc) is 2.46. The molecule has 0 saturated heterocycles. The van der Waals surface area contributed by atoms with E-state index in [1.807, 2.05) is 19.9 Å². The predicted octanol–water partition coefficient (Wildman–Crippen LogP) is 0.536. The molecule has 0 radical (unpaired) electrons. The molecule has 7 nitrogen and oxygen atoms in total. The van der Waals surface area contributed by atoms with Crippen molar-refractivity contribution in [2.24, 2.45) is 0 Å². The number of hydrogen-bond donors (Lipinski definition) is 2. The van der Waals surface area contributed by atoms with Gasteiger partial charge in [-0.2, -0.15) is 5.26 Å². The van der Waals surface area contributed by atoms with E-state index in [2.05, 4.69) is 15.0 Å². The maximum atomic E-state index is 11.9. The van der Waals surface area contributed by atoms with Crippen LogP contribution in [0.2, 0.25) is 0 Å². The summed E-state index contributed by atoms with van der Waals surface area (Å²) < 4.78 is 26.2. The standard InChI is InChI=1S/C13H18N4O3S/c1-3-10(2)17-13(18)6-7-16-21(19,20)12-5-4-11(8-14)15-9-12/h4-5,9-10,16H,3,6-7H2,1-2H3,(H,17,18). The van der Waals surface area contributed by atoms with Crippen LogP contribution in [0.25, 0.3) is 0 Å². The van der Waals surface area contributed by atoms with Crippen molar-refractivity contribution in [3.8, 4) is 6.07 Å². The Balaban J connectivity index is 2.53. The molecule has 1 rings (SSSR count). The highest BCUT2D eigenvalue weighted by atomic mass is 32.2. The lowest BCUT2D eigenvalue weighted by molar-refractivity contribution is -0.121. The molecule has 8 heteroatoms. The summed E-state index contributed by atoms with van der Waals surface area (Å²) in [6.07, 6.45) is 1.99. The SMILES string of the molecule is CCC(C)NC(=O)CCNS(=O)(=O)c1ccc(C#N)nc1. The molecular formula is C13H18N4O3S. The van der Waals surface area contributed by atoms with Crippen molar-refractivity contribution >= 4 is 15.9 Å². The van der Waals surface area contributed by atoms with Crippen molar-refractivity contribution in [1.29, 1.82) is 5.26 Å². The van der Waals surface area contributed by atoms with Crippen LogP contribution in [-0.4, -0.2) is 31.9 Å². The molecular weight excluding hydrogens is 292 g/mol. The quantitative estimate of drug-likeness (QED) is 0.763. The van der Waals surface area contributed by atoms with Crippen molar-refractivity contribution in [3.63, 3.8) is 0 Å². The van der Waals surface area contributed by atoms with Gasteiger partial charge in [-0.15, -0.1) is 0 Å². The van der Waals surface area contributed by atoms with Crippen LogP contribution in [0.1, 0.15) is 32.4 Å². The van der Waals surface area contributed by atoms with Gasteiger partial charge in [-0.3, -0.25) is 4.79 Å². The van der Waals surface area contributed by atoms with E-state index in [1.54, 1.807) is 0 Å². The summed E-state index contributed by atoms with van der Waals surface area (Å²) >= 11 is 0. The van der Waals surface area contributed by atoms with Gasteiger partial charge in [0.05, 0.1) is 0 Å². The van der Waals surface area contributed by atoms with Crippen LogP contribution in [0.5, 0.6) is 0 Å². The fraction of sp³-hybridized carbons (Fsp3) is 0.462. The zero-order valence-electron chi connectivity index (χ0n) is 12.0. The molecule has 1 atom stereocenters. The van der Waals surface area contributed by atoms with Crippen molar-refractivity contribution in [2.75, 3.05) is 6.54 Å². The molecule has 0 saturated carbocycles. The number of carbonyl (C=O) groups is 1. The van der Waals surface area contributed by atoms with Crippen LogP contribution in [0.15, 0.2) is 23.2 Å². The summed E-state index contributed by atoms with van der Waals surface area (Å²) in [6, 6.07) is 4.50. The number of amides is 1. The van der Waals surface area contributed by atoms with Crippen molar-refractivity contribution < 1.29 is 13.2 Å². The average molecular weight is 310 g/mol. The van der Waals surface area contributed by atoms with E-state index in [4.69, 9.17) is 5.26 Å². The largest absolute Gasteiger partial charge is 0.354 e. The van der Waals surface area contributed by atoms with Gasteiger partial charge < -0.3 is 5.32 Å². The molecule has 1 unspecified atom stereocenters. The minimum absolute atomic E-state index is 0.00457. The first kappa shape index (κ1) is 17.1. The van der Waals surface area contributed by atoms with Crippen LogP contribution >= 0.6 is 0 Å². The lowest BCUT2D eigenvalue weighted by Crippen LogP contribution is -2.35. The highest BCUT2D eigenvalue weighted by Gasteiger charge is 2.15. The molecule has 0 aliphatic heterocycles. The Bertz CT molecular complexity index is 620. The summed E-state index contributed by atoms with van der Waals surface area (Å²) in [6.45, 7) is 3.83. The number of nitrogens with one attached hydrogen (secondary N) is 2. The number of nitrogens with zero attached hydrogens (tertiary/aromatic N) is 2. The highest BCUT2D eigenvalue weighted by Crippen LogP contribution is 2.07. The topological polar surface area (TPSA) is 112 Å². The zero-order valence-corrected chi connectivity index (χ0v) is 12.8. The maximum absolute atomic E-state index is 11.9. The Morgan fingerprint density at radius 1 is 1.48 bits per heavy atom. The fourth-order valence-electron chi connectivity index (χ4n) is 1.44. The number of pyridine rings is 1. The predicted molar refractivity (Wildman–Crippen MR) is 76.7 cm³/mol. The number of aromatic nitrogens is 1. The van der Waals surface area contributed by atoms with E-state index >= 15 is 0 Å². The normalized spacial score (nSPS) is 12.4. The molecule has 1 aromatic heterocycles. The van der Waals surface area contributed by atoms with Gasteiger partial charge in [0.25, 0.3) is 0 Å². The van der Waals surface area contributed by atoms with Gasteiger partial charge in [0.15, 0.2) is 0 Å². The number of hydrogen-bond acceptors (Lipinski definition) is 5. The lowest BCUT2D eigenvalue weighted by atomic mass is 10.2. The third-order valence-electron chi connectivity index (χ3n) is 2.83. The second-order valence-corrected chi connectivity index (χ2v) is 6.28. The zero-order chi connectivity index (χ0) is 15.9. The fourth-order valence-corrected chi connectivity index (χ4v) is 2.41. The Morgan fingerprint density at radius 3 is 2.71 bits per heavy atom. The lowest BCUT2D eigenvalue weighted by Gasteiger charge is -2.11. The molecule has 21 heavy (non-hydrogen) atoms. The number of nitriles is 1. The molecule has 0 spiro atoms. The minimum atomic E-state index is -3.72. The molecule has 1 aromatic rings. The summed E-state index contributed by atoms with van der Waals surface area (Å²) in [4.78, 5) is 15.2. The second kappa shape index (κ2) is 7.71. The molecule has 1 amide bonds. The monoisotopic (exact) mass is 310 g/mol. The first-order chi connectivity index (χ1) is 9.89. The van der Waals surface area contributed by atoms with Gasteiger partial charge in [-0.1, -0.05) is 6.92 Å². The minimum Gasteiger partial charge on any atom is -0.354 e. The first-order valence-corrected chi connectivity index (χ1v) is 8.02. The van der Waals surface area contributed by atoms with E-state index in [-0.39, 0.29) is 35.5 Å². The van der Waals surface area contributed by atoms with E-state index in [9.17, 15) is 13.2 Å². The van der Waals surface area contributed by atoms with Gasteiger partial charge >= 0.3 is 0 Å². The molecule has 0 aliphatic carbocycles. The maximum Gasteiger partial charge on any atom is 0.242 e. The van der Waals surface area contributed by atoms with Crippen LogP contribution in [0.3, 0.4) is 0 Å². The summed E-state index contributed by atoms with van der Waals surface area (Å²) in [5.41, 5.74) is 0.141. The van der Waals surface area contributed by atoms with Gasteiger partial charge in [-0.05, 0) is 25.5 Å². The molecule has 0 fully saturated rings. The smallest absolute Gasteiger partial charge is 0.242 e. The molecule has 0 aromatic carbocycles. The Labute approximate surface area is 124 Å². The first-order valence-electron chi connectivity index (χ1n) is 6.54. The van der Waals surface area contributed by atoms with Crippen molar-refractivity contribution in [1.82, 2.24) is 15.0 Å². The van der Waals surface area contributed by atoms with Gasteiger partial charge in [0, 0.05) is 25.2 Å². The van der Waals surface area contributed by atoms with Gasteiger partial charge in [0.2, 0.25) is 15.9 Å². The highest BCUT2D eigenvalue weighted by molar-refractivity contribution is 7.89. The van der Waals surface area contributed by atoms with Crippen molar-refractivity contribution in [2.45, 2.75) is 37.6 Å². The molecule has 114 valence electrons. The van der Waals surface area contributed by atoms with E-state index in [0.717, 1.165) is 12.6 Å². The van der Waals surface area contributed by atoms with E-state index in [0.29, 0.717) is 0 Å². The van der Waals surface area contributed by atoms with Crippen LogP contribution in [-0.2, 0) is 14.8 Å². The molecule has 0 bridgehead atoms. The molecule has 1 heterocycles. The van der Waals surface area contributed by atoms with E-state index in [1.165, 1.54) is 12.1 Å². The van der Waals surface area contributed by atoms with Gasteiger partial charge in [-0.25, -0.2) is 18.1 Å². The number of carbonyl (C=O) groups excluding carboxylic acids is 1. The second-order valence-electron chi connectivity index (χ2n) is 4.52. The molecule has 2 N–H and O–H groups in total. The van der Waals surface area contributed by atoms with Crippen LogP contribution in [0, 0.1) is 11.3 Å². The third-order valence-corrected chi connectivity index (χ3v) is 4.27. The van der Waals surface area contributed by atoms with Crippen LogP contribution < -0.4 is 10.0 Å². The Hall–Kier alpha value is -1.98. The van der Waals surface area contributed by atoms with Crippen molar-refractivity contribution in [3.05, 3.63) is 24.0 Å². The summed E-state index contributed by atoms with van der Waals surface area (Å²) in [5, 5.41) is 11.4. The number of sulfonamides is 1. The Kier molecular flexibility index (Phi) is 6.27. The molecule has 0 aliphatic rings. The van der Waals surface area contributed by atoms with Crippen LogP contribution in [0.4, 0.5) is 0 Å². The summed E-state index contributed by atoms with van der Waals surface area (Å²) in [7, 11) is -3.72. The summed E-state index contributed by atoms with van der Waals surface area (Å²) in [5.74, 6) is -0.204.